The monoisotopic (exact) mass is 329 g/mol. The molecule has 1 heteroatoms. The van der Waals surface area contributed by atoms with E-state index in [-0.39, 0.29) is 0 Å². The second-order valence-electron chi connectivity index (χ2n) is 7.96. The van der Waals surface area contributed by atoms with Gasteiger partial charge < -0.3 is 0 Å². The van der Waals surface area contributed by atoms with Gasteiger partial charge in [0.2, 0.25) is 0 Å². The fourth-order valence-electron chi connectivity index (χ4n) is 5.38. The lowest BCUT2D eigenvalue weighted by molar-refractivity contribution is 0.148. The van der Waals surface area contributed by atoms with Crippen LogP contribution in [0.2, 0.25) is 0 Å². The van der Waals surface area contributed by atoms with Gasteiger partial charge in [-0.05, 0) is 53.6 Å². The first kappa shape index (κ1) is 15.4. The van der Waals surface area contributed by atoms with E-state index in [1.54, 1.807) is 11.1 Å². The van der Waals surface area contributed by atoms with E-state index in [0.29, 0.717) is 5.92 Å². The second-order valence-corrected chi connectivity index (χ2v) is 7.96. The number of piperidine rings is 1. The number of rotatable bonds is 2. The van der Waals surface area contributed by atoms with Crippen LogP contribution in [0.1, 0.15) is 61.1 Å². The summed E-state index contributed by atoms with van der Waals surface area (Å²) in [5, 5.41) is 0. The Morgan fingerprint density at radius 1 is 0.760 bits per heavy atom. The zero-order valence-corrected chi connectivity index (χ0v) is 15.0. The van der Waals surface area contributed by atoms with Gasteiger partial charge in [-0.15, -0.1) is 0 Å². The van der Waals surface area contributed by atoms with Crippen molar-refractivity contribution in [3.8, 4) is 0 Å². The van der Waals surface area contributed by atoms with Gasteiger partial charge in [0.1, 0.15) is 0 Å². The van der Waals surface area contributed by atoms with Crippen LogP contribution < -0.4 is 0 Å². The highest BCUT2D eigenvalue weighted by atomic mass is 15.2. The molecule has 0 amide bonds. The van der Waals surface area contributed by atoms with Crippen molar-refractivity contribution in [1.82, 2.24) is 4.90 Å². The Morgan fingerprint density at radius 2 is 1.52 bits per heavy atom. The van der Waals surface area contributed by atoms with E-state index in [9.17, 15) is 0 Å². The first-order valence-electron chi connectivity index (χ1n) is 10.0. The molecule has 1 saturated heterocycles. The van der Waals surface area contributed by atoms with Crippen LogP contribution in [0.25, 0.3) is 5.57 Å². The molecule has 128 valence electrons. The van der Waals surface area contributed by atoms with Crippen molar-refractivity contribution in [2.75, 3.05) is 13.1 Å². The van der Waals surface area contributed by atoms with Crippen molar-refractivity contribution < 1.29 is 0 Å². The van der Waals surface area contributed by atoms with Crippen LogP contribution in [-0.2, 0) is 0 Å². The van der Waals surface area contributed by atoms with Gasteiger partial charge in [-0.1, -0.05) is 73.9 Å². The average molecular weight is 329 g/mol. The molecule has 1 saturated carbocycles. The van der Waals surface area contributed by atoms with Gasteiger partial charge in [0.05, 0.1) is 0 Å². The van der Waals surface area contributed by atoms with Gasteiger partial charge in [-0.2, -0.15) is 0 Å². The molecule has 0 bridgehead atoms. The van der Waals surface area contributed by atoms with E-state index in [2.05, 4.69) is 59.5 Å². The lowest BCUT2D eigenvalue weighted by atomic mass is 9.85. The Hall–Kier alpha value is -1.86. The minimum atomic E-state index is 0.645. The molecule has 0 aromatic heterocycles. The number of hydrogen-bond acceptors (Lipinski definition) is 1. The molecular weight excluding hydrogens is 302 g/mol. The van der Waals surface area contributed by atoms with Gasteiger partial charge in [-0.3, -0.25) is 4.90 Å². The normalized spacial score (nSPS) is 24.2. The first-order valence-corrected chi connectivity index (χ1v) is 10.0. The van der Waals surface area contributed by atoms with Crippen molar-refractivity contribution in [3.63, 3.8) is 0 Å². The topological polar surface area (TPSA) is 3.24 Å². The summed E-state index contributed by atoms with van der Waals surface area (Å²) in [6.07, 6.45) is 8.40. The molecule has 3 aliphatic rings. The summed E-state index contributed by atoms with van der Waals surface area (Å²) in [6.45, 7) is 2.45. The van der Waals surface area contributed by atoms with Crippen molar-refractivity contribution in [2.45, 2.75) is 50.5 Å². The lowest BCUT2D eigenvalue weighted by Crippen LogP contribution is -2.42. The Balaban J connectivity index is 1.56. The molecule has 1 unspecified atom stereocenters. The number of nitrogens with zero attached hydrogens (tertiary/aromatic N) is 1. The van der Waals surface area contributed by atoms with Gasteiger partial charge in [0.15, 0.2) is 0 Å². The molecule has 0 spiro atoms. The molecule has 5 rings (SSSR count). The standard InChI is InChI=1S/C24H27N/c1-3-9-18(10-4-1)24-22-14-8-7-13-20(22)21-15-16-25(17-23(21)24)19-11-5-2-6-12-19/h1,3-4,7-10,13-14,19,21H,2,5-6,11-12,15-17H2. The summed E-state index contributed by atoms with van der Waals surface area (Å²) >= 11 is 0. The summed E-state index contributed by atoms with van der Waals surface area (Å²) in [7, 11) is 0. The van der Waals surface area contributed by atoms with E-state index in [1.807, 2.05) is 0 Å². The highest BCUT2D eigenvalue weighted by molar-refractivity contribution is 5.89. The summed E-state index contributed by atoms with van der Waals surface area (Å²) < 4.78 is 0. The minimum Gasteiger partial charge on any atom is -0.296 e. The summed E-state index contributed by atoms with van der Waals surface area (Å²) in [6, 6.07) is 21.0. The van der Waals surface area contributed by atoms with E-state index in [1.165, 1.54) is 68.3 Å². The molecule has 1 heterocycles. The summed E-state index contributed by atoms with van der Waals surface area (Å²) in [5.41, 5.74) is 7.67. The van der Waals surface area contributed by atoms with Crippen molar-refractivity contribution in [2.24, 2.45) is 0 Å². The number of likely N-dealkylation sites (tertiary alicyclic amines) is 1. The summed E-state index contributed by atoms with van der Waals surface area (Å²) in [5.74, 6) is 0.645. The Kier molecular flexibility index (Phi) is 3.98. The quantitative estimate of drug-likeness (QED) is 0.691. The van der Waals surface area contributed by atoms with Gasteiger partial charge in [0.25, 0.3) is 0 Å². The smallest absolute Gasteiger partial charge is 0.0211 e. The highest BCUT2D eigenvalue weighted by Gasteiger charge is 2.37. The van der Waals surface area contributed by atoms with Gasteiger partial charge >= 0.3 is 0 Å². The largest absolute Gasteiger partial charge is 0.296 e. The maximum atomic E-state index is 2.81. The van der Waals surface area contributed by atoms with Crippen LogP contribution in [0.5, 0.6) is 0 Å². The fourth-order valence-corrected chi connectivity index (χ4v) is 5.38. The molecule has 0 radical (unpaired) electrons. The maximum absolute atomic E-state index is 2.81. The lowest BCUT2D eigenvalue weighted by Gasteiger charge is -2.40. The molecule has 25 heavy (non-hydrogen) atoms. The fraction of sp³-hybridized carbons (Fsp3) is 0.417. The van der Waals surface area contributed by atoms with Crippen molar-refractivity contribution in [1.29, 1.82) is 0 Å². The van der Waals surface area contributed by atoms with Crippen molar-refractivity contribution in [3.05, 3.63) is 76.9 Å². The number of hydrogen-bond donors (Lipinski definition) is 0. The van der Waals surface area contributed by atoms with Gasteiger partial charge in [-0.25, -0.2) is 0 Å². The zero-order chi connectivity index (χ0) is 16.6. The highest BCUT2D eigenvalue weighted by Crippen LogP contribution is 2.49. The predicted octanol–water partition coefficient (Wildman–Crippen LogP) is 5.62. The van der Waals surface area contributed by atoms with Crippen molar-refractivity contribution >= 4 is 5.57 Å². The Bertz CT molecular complexity index is 783. The predicted molar refractivity (Wildman–Crippen MR) is 105 cm³/mol. The van der Waals surface area contributed by atoms with E-state index in [4.69, 9.17) is 0 Å². The van der Waals surface area contributed by atoms with E-state index >= 15 is 0 Å². The van der Waals surface area contributed by atoms with E-state index in [0.717, 1.165) is 6.04 Å². The Morgan fingerprint density at radius 3 is 2.36 bits per heavy atom. The Labute approximate surface area is 151 Å². The molecule has 2 fully saturated rings. The first-order chi connectivity index (χ1) is 12.4. The van der Waals surface area contributed by atoms with Crippen LogP contribution in [0.3, 0.4) is 0 Å². The third-order valence-electron chi connectivity index (χ3n) is 6.58. The number of benzene rings is 2. The second kappa shape index (κ2) is 6.46. The molecule has 1 nitrogen and oxygen atoms in total. The van der Waals surface area contributed by atoms with Gasteiger partial charge in [0, 0.05) is 18.5 Å². The molecule has 2 aromatic carbocycles. The summed E-state index contributed by atoms with van der Waals surface area (Å²) in [4.78, 5) is 2.81. The van der Waals surface area contributed by atoms with E-state index < -0.39 is 0 Å². The third-order valence-corrected chi connectivity index (χ3v) is 6.58. The third kappa shape index (κ3) is 2.66. The number of fused-ring (bicyclic) bond motifs is 3. The van der Waals surface area contributed by atoms with Crippen LogP contribution in [0.4, 0.5) is 0 Å². The molecule has 1 atom stereocenters. The van der Waals surface area contributed by atoms with Crippen LogP contribution in [-0.4, -0.2) is 24.0 Å². The van der Waals surface area contributed by atoms with Crippen LogP contribution in [0.15, 0.2) is 60.2 Å². The molecule has 2 aliphatic carbocycles. The van der Waals surface area contributed by atoms with Crippen LogP contribution in [0, 0.1) is 0 Å². The maximum Gasteiger partial charge on any atom is 0.0211 e. The molecule has 2 aromatic rings. The zero-order valence-electron chi connectivity index (χ0n) is 15.0. The molecule has 0 N–H and O–H groups in total. The average Bonchev–Trinajstić information content (AvgIpc) is 3.03. The molecule has 1 aliphatic heterocycles. The molecular formula is C24H27N. The SMILES string of the molecule is c1ccc(C2=C3CN(C4CCCCC4)CCC3c3ccccc32)cc1. The van der Waals surface area contributed by atoms with Crippen LogP contribution >= 0.6 is 0 Å². The minimum absolute atomic E-state index is 0.645.